The first kappa shape index (κ1) is 12.8. The molecule has 0 spiro atoms. The van der Waals surface area contributed by atoms with E-state index in [0.717, 1.165) is 5.69 Å². The minimum atomic E-state index is -0.266. The van der Waals surface area contributed by atoms with Crippen molar-refractivity contribution in [3.8, 4) is 5.75 Å². The maximum atomic E-state index is 12.0. The number of hydrogen-bond donors (Lipinski definition) is 2. The lowest BCUT2D eigenvalue weighted by Crippen LogP contribution is -2.13. The molecule has 0 aliphatic heterocycles. The second-order valence-electron chi connectivity index (χ2n) is 3.76. The number of pyridine rings is 1. The molecule has 4 nitrogen and oxygen atoms in total. The molecule has 0 unspecified atom stereocenters. The fraction of sp³-hybridized carbons (Fsp3) is 0.0769. The molecule has 0 bridgehead atoms. The van der Waals surface area contributed by atoms with E-state index in [1.165, 1.54) is 6.07 Å². The van der Waals surface area contributed by atoms with Gasteiger partial charge in [-0.25, -0.2) is 0 Å². The normalized spacial score (nSPS) is 10.1. The highest BCUT2D eigenvalue weighted by molar-refractivity contribution is 14.1. The van der Waals surface area contributed by atoms with Crippen LogP contribution < -0.4 is 5.32 Å². The summed E-state index contributed by atoms with van der Waals surface area (Å²) in [6.07, 6.45) is 1.67. The number of carbonyl (C=O) groups is 1. The summed E-state index contributed by atoms with van der Waals surface area (Å²) in [5.74, 6) is -0.163. The third kappa shape index (κ3) is 2.79. The van der Waals surface area contributed by atoms with Crippen LogP contribution in [0.15, 0.2) is 36.5 Å². The molecule has 2 N–H and O–H groups in total. The molecule has 0 fully saturated rings. The highest BCUT2D eigenvalue weighted by atomic mass is 127. The van der Waals surface area contributed by atoms with Crippen molar-refractivity contribution >= 4 is 34.2 Å². The van der Waals surface area contributed by atoms with Crippen LogP contribution in [0.4, 0.5) is 5.69 Å². The fourth-order valence-electron chi connectivity index (χ4n) is 1.46. The monoisotopic (exact) mass is 354 g/mol. The number of aryl methyl sites for hydroxylation is 1. The van der Waals surface area contributed by atoms with Gasteiger partial charge in [0.2, 0.25) is 0 Å². The Kier molecular flexibility index (Phi) is 3.81. The summed E-state index contributed by atoms with van der Waals surface area (Å²) in [6.45, 7) is 1.82. The number of nitrogens with one attached hydrogen (secondary N) is 1. The van der Waals surface area contributed by atoms with Gasteiger partial charge < -0.3 is 10.4 Å². The number of benzene rings is 1. The van der Waals surface area contributed by atoms with E-state index in [2.05, 4.69) is 10.3 Å². The van der Waals surface area contributed by atoms with Gasteiger partial charge in [0.15, 0.2) is 0 Å². The topological polar surface area (TPSA) is 62.2 Å². The molecule has 0 saturated heterocycles. The van der Waals surface area contributed by atoms with Crippen LogP contribution in [0.2, 0.25) is 0 Å². The zero-order valence-corrected chi connectivity index (χ0v) is 11.8. The number of amides is 1. The maximum Gasteiger partial charge on any atom is 0.255 e. The highest BCUT2D eigenvalue weighted by Gasteiger charge is 2.09. The second kappa shape index (κ2) is 5.34. The molecule has 0 aliphatic carbocycles. The molecule has 1 aromatic heterocycles. The summed E-state index contributed by atoms with van der Waals surface area (Å²) in [6, 6.07) is 8.35. The van der Waals surface area contributed by atoms with Crippen molar-refractivity contribution in [3.05, 3.63) is 51.4 Å². The van der Waals surface area contributed by atoms with Crippen LogP contribution in [0, 0.1) is 10.5 Å². The number of anilines is 1. The van der Waals surface area contributed by atoms with Crippen molar-refractivity contribution in [2.75, 3.05) is 5.32 Å². The molecule has 0 radical (unpaired) electrons. The molecule has 92 valence electrons. The largest absolute Gasteiger partial charge is 0.507 e. The van der Waals surface area contributed by atoms with Gasteiger partial charge in [0.1, 0.15) is 5.75 Å². The van der Waals surface area contributed by atoms with Crippen molar-refractivity contribution in [1.29, 1.82) is 0 Å². The van der Waals surface area contributed by atoms with Crippen LogP contribution in [0.25, 0.3) is 0 Å². The average molecular weight is 354 g/mol. The van der Waals surface area contributed by atoms with Crippen LogP contribution in [0.5, 0.6) is 5.75 Å². The van der Waals surface area contributed by atoms with E-state index in [1.54, 1.807) is 30.5 Å². The number of aromatic nitrogens is 1. The molecule has 0 atom stereocenters. The van der Waals surface area contributed by atoms with Crippen LogP contribution in [-0.4, -0.2) is 16.0 Å². The van der Waals surface area contributed by atoms with E-state index in [0.29, 0.717) is 14.8 Å². The van der Waals surface area contributed by atoms with E-state index < -0.39 is 0 Å². The van der Waals surface area contributed by atoms with E-state index in [1.807, 2.05) is 29.5 Å². The molecule has 0 saturated carbocycles. The Bertz CT molecular complexity index is 599. The molecule has 1 heterocycles. The minimum absolute atomic E-state index is 0.103. The smallest absolute Gasteiger partial charge is 0.255 e. The van der Waals surface area contributed by atoms with Gasteiger partial charge in [-0.15, -0.1) is 0 Å². The molecule has 18 heavy (non-hydrogen) atoms. The lowest BCUT2D eigenvalue weighted by molar-refractivity contribution is 0.102. The van der Waals surface area contributed by atoms with E-state index >= 15 is 0 Å². The van der Waals surface area contributed by atoms with Crippen LogP contribution in [-0.2, 0) is 0 Å². The Labute approximate surface area is 118 Å². The van der Waals surface area contributed by atoms with Gasteiger partial charge in [-0.2, -0.15) is 0 Å². The first-order valence-electron chi connectivity index (χ1n) is 5.29. The Morgan fingerprint density at radius 1 is 1.39 bits per heavy atom. The van der Waals surface area contributed by atoms with Gasteiger partial charge in [-0.1, -0.05) is 0 Å². The van der Waals surface area contributed by atoms with Crippen molar-refractivity contribution < 1.29 is 9.90 Å². The zero-order valence-electron chi connectivity index (χ0n) is 9.64. The lowest BCUT2D eigenvalue weighted by atomic mass is 10.2. The predicted molar refractivity (Wildman–Crippen MR) is 77.8 cm³/mol. The van der Waals surface area contributed by atoms with Crippen molar-refractivity contribution in [2.24, 2.45) is 0 Å². The number of nitrogens with zero attached hydrogens (tertiary/aromatic N) is 1. The number of phenolic OH excluding ortho intramolecular Hbond substituents is 1. The summed E-state index contributed by atoms with van der Waals surface area (Å²) in [7, 11) is 0. The van der Waals surface area contributed by atoms with Gasteiger partial charge in [-0.05, 0) is 59.8 Å². The van der Waals surface area contributed by atoms with Crippen molar-refractivity contribution in [2.45, 2.75) is 6.92 Å². The van der Waals surface area contributed by atoms with Gasteiger partial charge in [-0.3, -0.25) is 9.78 Å². The quantitative estimate of drug-likeness (QED) is 0.816. The molecule has 1 aromatic carbocycles. The number of aromatic hydroxyl groups is 1. The number of phenols is 1. The highest BCUT2D eigenvalue weighted by Crippen LogP contribution is 2.21. The molecule has 0 aliphatic rings. The molecule has 2 rings (SSSR count). The van der Waals surface area contributed by atoms with Gasteiger partial charge >= 0.3 is 0 Å². The lowest BCUT2D eigenvalue weighted by Gasteiger charge is -2.08. The Balaban J connectivity index is 2.22. The third-order valence-corrected chi connectivity index (χ3v) is 3.38. The minimum Gasteiger partial charge on any atom is -0.507 e. The molecule has 1 amide bonds. The van der Waals surface area contributed by atoms with E-state index in [4.69, 9.17) is 0 Å². The van der Waals surface area contributed by atoms with Gasteiger partial charge in [0, 0.05) is 11.8 Å². The van der Waals surface area contributed by atoms with Crippen LogP contribution >= 0.6 is 22.6 Å². The Hall–Kier alpha value is -1.63. The fourth-order valence-corrected chi connectivity index (χ4v) is 1.80. The van der Waals surface area contributed by atoms with Gasteiger partial charge in [0.05, 0.1) is 15.0 Å². The standard InChI is InChI=1S/C13H11IN2O2/c1-8-11(3-2-6-15-8)16-13(18)9-4-5-10(14)12(17)7-9/h2-7,17H,1H3,(H,16,18). The first-order chi connectivity index (χ1) is 8.58. The number of rotatable bonds is 2. The van der Waals surface area contributed by atoms with E-state index in [9.17, 15) is 9.90 Å². The first-order valence-corrected chi connectivity index (χ1v) is 6.37. The summed E-state index contributed by atoms with van der Waals surface area (Å²) >= 11 is 2.00. The SMILES string of the molecule is Cc1ncccc1NC(=O)c1ccc(I)c(O)c1. The summed E-state index contributed by atoms with van der Waals surface area (Å²) in [5.41, 5.74) is 1.83. The predicted octanol–water partition coefficient (Wildman–Crippen LogP) is 2.95. The molecular formula is C13H11IN2O2. The van der Waals surface area contributed by atoms with Crippen molar-refractivity contribution in [3.63, 3.8) is 0 Å². The maximum absolute atomic E-state index is 12.0. The average Bonchev–Trinajstić information content (AvgIpc) is 2.35. The number of hydrogen-bond acceptors (Lipinski definition) is 3. The Morgan fingerprint density at radius 3 is 2.83 bits per heavy atom. The van der Waals surface area contributed by atoms with Crippen LogP contribution in [0.3, 0.4) is 0 Å². The molecule has 5 heteroatoms. The molecule has 2 aromatic rings. The number of halogens is 1. The van der Waals surface area contributed by atoms with Gasteiger partial charge in [0.25, 0.3) is 5.91 Å². The summed E-state index contributed by atoms with van der Waals surface area (Å²) < 4.78 is 0.710. The summed E-state index contributed by atoms with van der Waals surface area (Å²) in [5, 5.41) is 12.3. The summed E-state index contributed by atoms with van der Waals surface area (Å²) in [4.78, 5) is 16.1. The number of carbonyl (C=O) groups excluding carboxylic acids is 1. The zero-order chi connectivity index (χ0) is 13.1. The second-order valence-corrected chi connectivity index (χ2v) is 4.92. The third-order valence-electron chi connectivity index (χ3n) is 2.46. The van der Waals surface area contributed by atoms with E-state index in [-0.39, 0.29) is 11.7 Å². The molecular weight excluding hydrogens is 343 g/mol. The Morgan fingerprint density at radius 2 is 2.17 bits per heavy atom. The van der Waals surface area contributed by atoms with Crippen LogP contribution in [0.1, 0.15) is 16.1 Å². The van der Waals surface area contributed by atoms with Crippen molar-refractivity contribution in [1.82, 2.24) is 4.98 Å².